The van der Waals surface area contributed by atoms with Crippen LogP contribution < -0.4 is 5.32 Å². The minimum Gasteiger partial charge on any atom is -0.374 e. The second-order valence-corrected chi connectivity index (χ2v) is 5.44. The van der Waals surface area contributed by atoms with Gasteiger partial charge in [0, 0.05) is 18.0 Å². The summed E-state index contributed by atoms with van der Waals surface area (Å²) in [5.41, 5.74) is 3.47. The van der Waals surface area contributed by atoms with Gasteiger partial charge in [-0.15, -0.1) is 0 Å². The van der Waals surface area contributed by atoms with Crippen molar-refractivity contribution in [1.29, 1.82) is 0 Å². The van der Waals surface area contributed by atoms with Crippen LogP contribution in [0.15, 0.2) is 0 Å². The summed E-state index contributed by atoms with van der Waals surface area (Å²) in [4.78, 5) is 9.13. The molecule has 0 saturated heterocycles. The molecule has 1 atom stereocenters. The summed E-state index contributed by atoms with van der Waals surface area (Å²) in [6, 6.07) is 0. The summed E-state index contributed by atoms with van der Waals surface area (Å²) in [6.07, 6.45) is 2.21. The third-order valence-electron chi connectivity index (χ3n) is 3.37. The number of ether oxygens (including phenoxy) is 1. The van der Waals surface area contributed by atoms with Crippen molar-refractivity contribution >= 4 is 0 Å². The molecule has 4 heteroatoms. The monoisotopic (exact) mass is 279 g/mol. The Morgan fingerprint density at radius 3 is 2.35 bits per heavy atom. The Balaban J connectivity index is 2.65. The number of hydrogen-bond acceptors (Lipinski definition) is 4. The molecule has 0 spiro atoms. The summed E-state index contributed by atoms with van der Waals surface area (Å²) in [5, 5.41) is 3.47. The van der Waals surface area contributed by atoms with E-state index in [1.165, 1.54) is 12.0 Å². The Hall–Kier alpha value is -1.00. The fourth-order valence-electron chi connectivity index (χ4n) is 2.31. The van der Waals surface area contributed by atoms with Crippen LogP contribution in [0.4, 0.5) is 0 Å². The lowest BCUT2D eigenvalue weighted by Crippen LogP contribution is -2.24. The Morgan fingerprint density at radius 1 is 1.15 bits per heavy atom. The van der Waals surface area contributed by atoms with E-state index in [0.717, 1.165) is 36.7 Å². The van der Waals surface area contributed by atoms with Crippen molar-refractivity contribution in [3.8, 4) is 0 Å². The molecule has 20 heavy (non-hydrogen) atoms. The quantitative estimate of drug-likeness (QED) is 0.706. The van der Waals surface area contributed by atoms with Gasteiger partial charge in [0.1, 0.15) is 6.61 Å². The minimum absolute atomic E-state index is 0.506. The SMILES string of the molecule is CCCNCC(C)Cc1c(C)nc(COCC)nc1C. The second-order valence-electron chi connectivity index (χ2n) is 5.44. The number of hydrogen-bond donors (Lipinski definition) is 1. The molecule has 0 fully saturated rings. The molecule has 0 radical (unpaired) electrons. The third-order valence-corrected chi connectivity index (χ3v) is 3.37. The molecule has 0 amide bonds. The summed E-state index contributed by atoms with van der Waals surface area (Å²) in [7, 11) is 0. The highest BCUT2D eigenvalue weighted by Gasteiger charge is 2.12. The van der Waals surface area contributed by atoms with Crippen LogP contribution in [0.25, 0.3) is 0 Å². The number of aryl methyl sites for hydroxylation is 2. The zero-order chi connectivity index (χ0) is 15.0. The summed E-state index contributed by atoms with van der Waals surface area (Å²) >= 11 is 0. The lowest BCUT2D eigenvalue weighted by atomic mass is 9.98. The first kappa shape index (κ1) is 17.1. The Bertz CT molecular complexity index is 384. The largest absolute Gasteiger partial charge is 0.374 e. The number of nitrogens with zero attached hydrogens (tertiary/aromatic N) is 2. The van der Waals surface area contributed by atoms with Gasteiger partial charge in [-0.1, -0.05) is 13.8 Å². The average molecular weight is 279 g/mol. The van der Waals surface area contributed by atoms with E-state index < -0.39 is 0 Å². The van der Waals surface area contributed by atoms with E-state index in [9.17, 15) is 0 Å². The van der Waals surface area contributed by atoms with Gasteiger partial charge in [-0.05, 0) is 58.2 Å². The van der Waals surface area contributed by atoms with Crippen LogP contribution in [0.5, 0.6) is 0 Å². The van der Waals surface area contributed by atoms with Gasteiger partial charge in [-0.3, -0.25) is 0 Å². The molecule has 0 bridgehead atoms. The summed E-state index contributed by atoms with van der Waals surface area (Å²) in [5.74, 6) is 1.39. The molecule has 1 unspecified atom stereocenters. The first-order chi connectivity index (χ1) is 9.58. The van der Waals surface area contributed by atoms with E-state index in [2.05, 4.69) is 43.0 Å². The highest BCUT2D eigenvalue weighted by molar-refractivity contribution is 5.24. The van der Waals surface area contributed by atoms with E-state index >= 15 is 0 Å². The van der Waals surface area contributed by atoms with E-state index in [1.807, 2.05) is 6.92 Å². The third kappa shape index (κ3) is 5.55. The molecule has 1 aromatic heterocycles. The van der Waals surface area contributed by atoms with Gasteiger partial charge in [-0.2, -0.15) is 0 Å². The highest BCUT2D eigenvalue weighted by atomic mass is 16.5. The van der Waals surface area contributed by atoms with Crippen LogP contribution in [0.3, 0.4) is 0 Å². The lowest BCUT2D eigenvalue weighted by Gasteiger charge is -2.16. The predicted octanol–water partition coefficient (Wildman–Crippen LogP) is 2.81. The van der Waals surface area contributed by atoms with Crippen LogP contribution in [0.1, 0.15) is 50.0 Å². The van der Waals surface area contributed by atoms with Crippen molar-refractivity contribution < 1.29 is 4.74 Å². The van der Waals surface area contributed by atoms with Crippen molar-refractivity contribution in [2.45, 2.75) is 54.1 Å². The van der Waals surface area contributed by atoms with E-state index in [0.29, 0.717) is 19.1 Å². The molecule has 0 saturated carbocycles. The van der Waals surface area contributed by atoms with Gasteiger partial charge in [0.2, 0.25) is 0 Å². The zero-order valence-corrected chi connectivity index (χ0v) is 13.6. The molecule has 114 valence electrons. The smallest absolute Gasteiger partial charge is 0.154 e. The fraction of sp³-hybridized carbons (Fsp3) is 0.750. The van der Waals surface area contributed by atoms with Crippen LogP contribution >= 0.6 is 0 Å². The Morgan fingerprint density at radius 2 is 1.80 bits per heavy atom. The van der Waals surface area contributed by atoms with Gasteiger partial charge >= 0.3 is 0 Å². The van der Waals surface area contributed by atoms with Gasteiger partial charge in [-0.25, -0.2) is 9.97 Å². The normalized spacial score (nSPS) is 12.7. The van der Waals surface area contributed by atoms with Crippen LogP contribution in [-0.2, 0) is 17.8 Å². The molecule has 0 aliphatic heterocycles. The number of rotatable bonds is 9. The first-order valence-corrected chi connectivity index (χ1v) is 7.69. The Labute approximate surface area is 123 Å². The van der Waals surface area contributed by atoms with Gasteiger partial charge < -0.3 is 10.1 Å². The molecular formula is C16H29N3O. The molecule has 1 rings (SSSR count). The van der Waals surface area contributed by atoms with E-state index in [1.54, 1.807) is 0 Å². The van der Waals surface area contributed by atoms with Gasteiger partial charge in [0.25, 0.3) is 0 Å². The maximum atomic E-state index is 5.38. The van der Waals surface area contributed by atoms with Crippen LogP contribution in [-0.4, -0.2) is 29.7 Å². The zero-order valence-electron chi connectivity index (χ0n) is 13.6. The second kappa shape index (κ2) is 9.03. The molecular weight excluding hydrogens is 250 g/mol. The lowest BCUT2D eigenvalue weighted by molar-refractivity contribution is 0.128. The van der Waals surface area contributed by atoms with Crippen molar-refractivity contribution in [3.63, 3.8) is 0 Å². The molecule has 4 nitrogen and oxygen atoms in total. The maximum Gasteiger partial charge on any atom is 0.154 e. The molecule has 0 aromatic carbocycles. The van der Waals surface area contributed by atoms with Crippen LogP contribution in [0, 0.1) is 19.8 Å². The van der Waals surface area contributed by atoms with Crippen molar-refractivity contribution in [3.05, 3.63) is 22.8 Å². The predicted molar refractivity (Wildman–Crippen MR) is 82.9 cm³/mol. The molecule has 1 heterocycles. The molecule has 0 aliphatic rings. The standard InChI is InChI=1S/C16H29N3O/c1-6-8-17-10-12(3)9-15-13(4)18-16(11-20-7-2)19-14(15)5/h12,17H,6-11H2,1-5H3. The first-order valence-electron chi connectivity index (χ1n) is 7.69. The van der Waals surface area contributed by atoms with Crippen LogP contribution in [0.2, 0.25) is 0 Å². The number of nitrogens with one attached hydrogen (secondary N) is 1. The maximum absolute atomic E-state index is 5.38. The molecule has 1 aromatic rings. The van der Waals surface area contributed by atoms with Crippen molar-refractivity contribution in [2.24, 2.45) is 5.92 Å². The van der Waals surface area contributed by atoms with Gasteiger partial charge in [0.15, 0.2) is 5.82 Å². The topological polar surface area (TPSA) is 47.0 Å². The Kier molecular flexibility index (Phi) is 7.70. The number of aromatic nitrogens is 2. The minimum atomic E-state index is 0.506. The fourth-order valence-corrected chi connectivity index (χ4v) is 2.31. The van der Waals surface area contributed by atoms with E-state index in [-0.39, 0.29) is 0 Å². The van der Waals surface area contributed by atoms with Crippen molar-refractivity contribution in [1.82, 2.24) is 15.3 Å². The molecule has 0 aliphatic carbocycles. The summed E-state index contributed by atoms with van der Waals surface area (Å²) < 4.78 is 5.38. The summed E-state index contributed by atoms with van der Waals surface area (Å²) in [6.45, 7) is 13.9. The van der Waals surface area contributed by atoms with Gasteiger partial charge in [0.05, 0.1) is 0 Å². The van der Waals surface area contributed by atoms with Crippen molar-refractivity contribution in [2.75, 3.05) is 19.7 Å². The molecule has 1 N–H and O–H groups in total. The highest BCUT2D eigenvalue weighted by Crippen LogP contribution is 2.15. The van der Waals surface area contributed by atoms with E-state index in [4.69, 9.17) is 4.74 Å². The average Bonchev–Trinajstić information content (AvgIpc) is 2.41.